The lowest BCUT2D eigenvalue weighted by molar-refractivity contribution is 0.00372. The smallest absolute Gasteiger partial charge is 0.406 e. The van der Waals surface area contributed by atoms with Crippen LogP contribution in [-0.4, -0.2) is 18.2 Å². The monoisotopic (exact) mass is 248 g/mol. The Balaban J connectivity index is 2.47. The van der Waals surface area contributed by atoms with Crippen molar-refractivity contribution in [1.82, 2.24) is 0 Å². The average molecular weight is 249 g/mol. The van der Waals surface area contributed by atoms with Gasteiger partial charge in [0.2, 0.25) is 6.79 Å². The minimum absolute atomic E-state index is 0.310. The van der Waals surface area contributed by atoms with Gasteiger partial charge < -0.3 is 9.47 Å². The maximum atomic E-state index is 11.2. The Morgan fingerprint density at radius 3 is 2.27 bits per heavy atom. The van der Waals surface area contributed by atoms with E-state index in [-0.39, 0.29) is 0 Å². The lowest BCUT2D eigenvalue weighted by Crippen LogP contribution is -2.09. The highest BCUT2D eigenvalue weighted by molar-refractivity contribution is 6.61. The van der Waals surface area contributed by atoms with Gasteiger partial charge in [-0.1, -0.05) is 11.6 Å². The normalized spacial score (nSPS) is 9.47. The molecule has 0 atom stereocenters. The molecule has 15 heavy (non-hydrogen) atoms. The lowest BCUT2D eigenvalue weighted by Gasteiger charge is -2.03. The molecule has 0 aliphatic heterocycles. The van der Waals surface area contributed by atoms with Gasteiger partial charge in [-0.25, -0.2) is 9.59 Å². The van der Waals surface area contributed by atoms with Crippen molar-refractivity contribution in [3.63, 3.8) is 0 Å². The van der Waals surface area contributed by atoms with Gasteiger partial charge in [-0.05, 0) is 24.3 Å². The van der Waals surface area contributed by atoms with Gasteiger partial charge in [0, 0.05) is 16.6 Å². The number of carbonyl (C=O) groups excluding carboxylic acids is 2. The molecule has 0 amide bonds. The fourth-order valence-corrected chi connectivity index (χ4v) is 0.969. The zero-order chi connectivity index (χ0) is 11.3. The van der Waals surface area contributed by atoms with E-state index in [4.69, 9.17) is 23.2 Å². The Morgan fingerprint density at radius 1 is 1.13 bits per heavy atom. The molecule has 0 saturated heterocycles. The second kappa shape index (κ2) is 5.58. The van der Waals surface area contributed by atoms with Crippen LogP contribution in [0.5, 0.6) is 0 Å². The number of halogens is 2. The van der Waals surface area contributed by atoms with Gasteiger partial charge in [-0.3, -0.25) is 0 Å². The number of esters is 1. The molecule has 1 aromatic carbocycles. The van der Waals surface area contributed by atoms with E-state index in [1.165, 1.54) is 12.1 Å². The Hall–Kier alpha value is -1.26. The van der Waals surface area contributed by atoms with Crippen molar-refractivity contribution in [3.05, 3.63) is 34.9 Å². The van der Waals surface area contributed by atoms with Crippen LogP contribution in [0.1, 0.15) is 10.4 Å². The highest BCUT2D eigenvalue weighted by Crippen LogP contribution is 2.10. The van der Waals surface area contributed by atoms with Gasteiger partial charge >= 0.3 is 11.4 Å². The van der Waals surface area contributed by atoms with Gasteiger partial charge in [0.1, 0.15) is 0 Å². The SMILES string of the molecule is O=C(Cl)OCOC(=O)c1ccc(Cl)cc1. The molecule has 0 aliphatic carbocycles. The topological polar surface area (TPSA) is 52.6 Å². The van der Waals surface area contributed by atoms with Crippen LogP contribution in [0.25, 0.3) is 0 Å². The van der Waals surface area contributed by atoms with Crippen molar-refractivity contribution >= 4 is 34.6 Å². The van der Waals surface area contributed by atoms with Crippen LogP contribution in [0.3, 0.4) is 0 Å². The maximum Gasteiger partial charge on any atom is 0.406 e. The van der Waals surface area contributed by atoms with Crippen molar-refractivity contribution in [3.8, 4) is 0 Å². The highest BCUT2D eigenvalue weighted by atomic mass is 35.5. The van der Waals surface area contributed by atoms with Crippen LogP contribution < -0.4 is 0 Å². The molecule has 0 spiro atoms. The van der Waals surface area contributed by atoms with Crippen LogP contribution in [0.2, 0.25) is 5.02 Å². The predicted molar refractivity (Wildman–Crippen MR) is 54.1 cm³/mol. The van der Waals surface area contributed by atoms with Crippen LogP contribution in [0, 0.1) is 0 Å². The average Bonchev–Trinajstić information content (AvgIpc) is 2.18. The number of hydrogen-bond donors (Lipinski definition) is 0. The molecule has 1 rings (SSSR count). The summed E-state index contributed by atoms with van der Waals surface area (Å²) in [4.78, 5) is 21.4. The summed E-state index contributed by atoms with van der Waals surface area (Å²) in [6, 6.07) is 6.08. The summed E-state index contributed by atoms with van der Waals surface area (Å²) in [7, 11) is 0. The molecule has 1 aromatic rings. The molecule has 6 heteroatoms. The third kappa shape index (κ3) is 4.18. The zero-order valence-electron chi connectivity index (χ0n) is 7.41. The second-order valence-electron chi connectivity index (χ2n) is 2.44. The van der Waals surface area contributed by atoms with E-state index in [2.05, 4.69) is 9.47 Å². The van der Waals surface area contributed by atoms with Crippen molar-refractivity contribution in [2.45, 2.75) is 0 Å². The number of ether oxygens (including phenoxy) is 2. The van der Waals surface area contributed by atoms with E-state index in [9.17, 15) is 9.59 Å². The Kier molecular flexibility index (Phi) is 4.39. The molecule has 0 radical (unpaired) electrons. The molecule has 0 fully saturated rings. The van der Waals surface area contributed by atoms with Crippen LogP contribution in [-0.2, 0) is 9.47 Å². The summed E-state index contributed by atoms with van der Waals surface area (Å²) < 4.78 is 8.78. The van der Waals surface area contributed by atoms with Crippen LogP contribution >= 0.6 is 23.2 Å². The summed E-state index contributed by atoms with van der Waals surface area (Å²) in [6.45, 7) is -0.510. The van der Waals surface area contributed by atoms with Crippen LogP contribution in [0.4, 0.5) is 4.79 Å². The first-order valence-corrected chi connectivity index (χ1v) is 4.60. The summed E-state index contributed by atoms with van der Waals surface area (Å²) in [5.74, 6) is -0.621. The van der Waals surface area contributed by atoms with E-state index in [0.717, 1.165) is 0 Å². The largest absolute Gasteiger partial charge is 0.424 e. The fraction of sp³-hybridized carbons (Fsp3) is 0.111. The van der Waals surface area contributed by atoms with Gasteiger partial charge in [0.15, 0.2) is 0 Å². The molecular formula is C9H6Cl2O4. The van der Waals surface area contributed by atoms with E-state index in [0.29, 0.717) is 10.6 Å². The Bertz CT molecular complexity index is 361. The van der Waals surface area contributed by atoms with Crippen molar-refractivity contribution in [1.29, 1.82) is 0 Å². The molecule has 4 nitrogen and oxygen atoms in total. The lowest BCUT2D eigenvalue weighted by atomic mass is 10.2. The zero-order valence-corrected chi connectivity index (χ0v) is 8.92. The molecular weight excluding hydrogens is 243 g/mol. The minimum atomic E-state index is -1.03. The summed E-state index contributed by atoms with van der Waals surface area (Å²) in [5.41, 5.74) is -0.719. The number of benzene rings is 1. The first-order valence-electron chi connectivity index (χ1n) is 3.84. The summed E-state index contributed by atoms with van der Waals surface area (Å²) in [6.07, 6.45) is 0. The maximum absolute atomic E-state index is 11.2. The van der Waals surface area contributed by atoms with Crippen molar-refractivity contribution in [2.75, 3.05) is 6.79 Å². The third-order valence-corrected chi connectivity index (χ3v) is 1.80. The number of carbonyl (C=O) groups is 2. The fourth-order valence-electron chi connectivity index (χ4n) is 0.799. The summed E-state index contributed by atoms with van der Waals surface area (Å²) >= 11 is 10.5. The quantitative estimate of drug-likeness (QED) is 0.469. The molecule has 0 heterocycles. The van der Waals surface area contributed by atoms with Gasteiger partial charge in [0.25, 0.3) is 0 Å². The minimum Gasteiger partial charge on any atom is -0.424 e. The molecule has 0 aliphatic rings. The number of rotatable bonds is 3. The molecule has 0 unspecified atom stereocenters. The predicted octanol–water partition coefficient (Wildman–Crippen LogP) is 2.83. The Morgan fingerprint density at radius 2 is 1.73 bits per heavy atom. The molecule has 0 N–H and O–H groups in total. The Labute approximate surface area is 95.7 Å². The molecule has 80 valence electrons. The van der Waals surface area contributed by atoms with Crippen molar-refractivity contribution < 1.29 is 19.1 Å². The molecule has 0 bridgehead atoms. The first kappa shape index (κ1) is 11.8. The first-order chi connectivity index (χ1) is 7.09. The van der Waals surface area contributed by atoms with E-state index >= 15 is 0 Å². The second-order valence-corrected chi connectivity index (χ2v) is 3.18. The van der Waals surface area contributed by atoms with Crippen molar-refractivity contribution in [2.24, 2.45) is 0 Å². The van der Waals surface area contributed by atoms with E-state index < -0.39 is 18.2 Å². The van der Waals surface area contributed by atoms with E-state index in [1.54, 1.807) is 12.1 Å². The highest BCUT2D eigenvalue weighted by Gasteiger charge is 2.07. The summed E-state index contributed by atoms with van der Waals surface area (Å²) in [5, 5.41) is 0.513. The standard InChI is InChI=1S/C9H6Cl2O4/c10-7-3-1-6(2-4-7)8(12)14-5-15-9(11)13/h1-4H,5H2. The number of hydrogen-bond acceptors (Lipinski definition) is 4. The third-order valence-electron chi connectivity index (χ3n) is 1.44. The van der Waals surface area contributed by atoms with Gasteiger partial charge in [0.05, 0.1) is 5.56 Å². The van der Waals surface area contributed by atoms with Crippen LogP contribution in [0.15, 0.2) is 24.3 Å². The van der Waals surface area contributed by atoms with Gasteiger partial charge in [-0.2, -0.15) is 0 Å². The van der Waals surface area contributed by atoms with Gasteiger partial charge in [-0.15, -0.1) is 0 Å². The molecule has 0 saturated carbocycles. The molecule has 0 aromatic heterocycles. The van der Waals surface area contributed by atoms with E-state index in [1.807, 2.05) is 0 Å².